The van der Waals surface area contributed by atoms with Gasteiger partial charge in [-0.05, 0) is 46.1 Å². The van der Waals surface area contributed by atoms with E-state index in [4.69, 9.17) is 8.92 Å². The fourth-order valence-corrected chi connectivity index (χ4v) is 3.30. The number of benzene rings is 1. The molecule has 1 unspecified atom stereocenters. The molecule has 2 atom stereocenters. The Kier molecular flexibility index (Phi) is 5.87. The van der Waals surface area contributed by atoms with E-state index in [0.29, 0.717) is 13.0 Å². The van der Waals surface area contributed by atoms with Crippen molar-refractivity contribution < 1.29 is 22.1 Å². The third-order valence-corrected chi connectivity index (χ3v) is 4.28. The molecule has 1 fully saturated rings. The lowest BCUT2D eigenvalue weighted by molar-refractivity contribution is 0.0100. The van der Waals surface area contributed by atoms with Crippen LogP contribution in [0, 0.1) is 6.92 Å². The topological polar surface area (TPSA) is 72.9 Å². The van der Waals surface area contributed by atoms with Gasteiger partial charge in [-0.1, -0.05) is 29.8 Å². The van der Waals surface area contributed by atoms with Gasteiger partial charge >= 0.3 is 6.09 Å². The van der Waals surface area contributed by atoms with Gasteiger partial charge in [-0.15, -0.1) is 0 Å². The Morgan fingerprint density at radius 2 is 1.88 bits per heavy atom. The summed E-state index contributed by atoms with van der Waals surface area (Å²) in [6.07, 6.45) is 0.292. The van der Waals surface area contributed by atoms with Crippen molar-refractivity contribution in [2.24, 2.45) is 0 Å². The first-order chi connectivity index (χ1) is 11.2. The van der Waals surface area contributed by atoms with Crippen LogP contribution in [-0.4, -0.2) is 37.6 Å². The van der Waals surface area contributed by atoms with Gasteiger partial charge in [-0.2, -0.15) is 0 Å². The molecule has 0 aromatic heterocycles. The number of ether oxygens (including phenoxy) is 1. The van der Waals surface area contributed by atoms with Gasteiger partial charge in [0.25, 0.3) is 11.0 Å². The van der Waals surface area contributed by atoms with E-state index in [1.54, 1.807) is 25.7 Å². The predicted octanol–water partition coefficient (Wildman–Crippen LogP) is 2.98. The van der Waals surface area contributed by atoms with E-state index in [1.807, 2.05) is 31.2 Å². The van der Waals surface area contributed by atoms with Crippen LogP contribution in [0.4, 0.5) is 4.79 Å². The summed E-state index contributed by atoms with van der Waals surface area (Å²) in [5.74, 6) is 0. The van der Waals surface area contributed by atoms with Crippen LogP contribution in [0.15, 0.2) is 24.3 Å². The molecule has 6 nitrogen and oxygen atoms in total. The average molecular weight is 355 g/mol. The number of carbonyl (C=O) groups excluding carboxylic acids is 1. The lowest BCUT2D eigenvalue weighted by Gasteiger charge is -2.32. The molecule has 0 N–H and O–H groups in total. The lowest BCUT2D eigenvalue weighted by atomic mass is 9.99. The van der Waals surface area contributed by atoms with Gasteiger partial charge in [0, 0.05) is 6.54 Å². The van der Waals surface area contributed by atoms with Gasteiger partial charge in [-0.25, -0.2) is 13.2 Å². The van der Waals surface area contributed by atoms with Gasteiger partial charge in [0.2, 0.25) is 0 Å². The molecule has 0 saturated carbocycles. The Hall–Kier alpha value is -1.60. The molecule has 0 spiro atoms. The number of carbonyl (C=O) groups is 1. The molecule has 1 saturated heterocycles. The van der Waals surface area contributed by atoms with E-state index in [2.05, 4.69) is 0 Å². The molecular formula is C17H25NO5S. The van der Waals surface area contributed by atoms with Crippen LogP contribution in [0.3, 0.4) is 0 Å². The van der Waals surface area contributed by atoms with Crippen LogP contribution in [0.25, 0.3) is 0 Å². The van der Waals surface area contributed by atoms with Crippen LogP contribution in [0.2, 0.25) is 0 Å². The minimum absolute atomic E-state index is 0.365. The highest BCUT2D eigenvalue weighted by Crippen LogP contribution is 2.33. The smallest absolute Gasteiger partial charge is 0.410 e. The Morgan fingerprint density at radius 1 is 1.25 bits per heavy atom. The van der Waals surface area contributed by atoms with Crippen molar-refractivity contribution in [3.63, 3.8) is 0 Å². The van der Waals surface area contributed by atoms with Crippen molar-refractivity contribution in [3.8, 4) is 0 Å². The van der Waals surface area contributed by atoms with Gasteiger partial charge in [0.1, 0.15) is 11.7 Å². The van der Waals surface area contributed by atoms with Crippen molar-refractivity contribution in [3.05, 3.63) is 35.4 Å². The zero-order valence-corrected chi connectivity index (χ0v) is 15.4. The van der Waals surface area contributed by atoms with E-state index >= 15 is 0 Å². The summed E-state index contributed by atoms with van der Waals surface area (Å²) in [7, 11) is -3.03. The summed E-state index contributed by atoms with van der Waals surface area (Å²) in [5, 5.41) is 0. The number of amides is 1. The van der Waals surface area contributed by atoms with Gasteiger partial charge in [0.15, 0.2) is 0 Å². The summed E-state index contributed by atoms with van der Waals surface area (Å²) < 4.78 is 33.0. The largest absolute Gasteiger partial charge is 0.444 e. The van der Waals surface area contributed by atoms with Crippen LogP contribution in [-0.2, 0) is 19.9 Å². The monoisotopic (exact) mass is 355 g/mol. The van der Waals surface area contributed by atoms with E-state index in [1.165, 1.54) is 0 Å². The molecule has 1 aliphatic heterocycles. The van der Waals surface area contributed by atoms with E-state index in [-0.39, 0.29) is 6.04 Å². The lowest BCUT2D eigenvalue weighted by Crippen LogP contribution is -2.42. The van der Waals surface area contributed by atoms with Crippen LogP contribution in [0.1, 0.15) is 50.8 Å². The van der Waals surface area contributed by atoms with Gasteiger partial charge in [-0.3, -0.25) is 4.18 Å². The average Bonchev–Trinajstić information content (AvgIpc) is 2.93. The number of likely N-dealkylation sites (tertiary alicyclic amines) is 1. The Morgan fingerprint density at radius 3 is 2.42 bits per heavy atom. The van der Waals surface area contributed by atoms with Gasteiger partial charge < -0.3 is 9.64 Å². The molecule has 1 aliphatic rings. The molecule has 0 aliphatic carbocycles. The fraction of sp³-hybridized carbons (Fsp3) is 0.588. The number of aryl methyl sites for hydroxylation is 1. The van der Waals surface area contributed by atoms with Gasteiger partial charge in [0.05, 0.1) is 6.04 Å². The number of nitrogens with zero attached hydrogens (tertiary/aromatic N) is 1. The van der Waals surface area contributed by atoms with Crippen molar-refractivity contribution in [2.75, 3.05) is 6.54 Å². The minimum Gasteiger partial charge on any atom is -0.444 e. The quantitative estimate of drug-likeness (QED) is 0.841. The Balaban J connectivity index is 2.27. The molecule has 7 heteroatoms. The summed E-state index contributed by atoms with van der Waals surface area (Å²) in [4.78, 5) is 14.0. The summed E-state index contributed by atoms with van der Waals surface area (Å²) in [5.41, 5.74) is 1.20. The maximum absolute atomic E-state index is 12.4. The maximum Gasteiger partial charge on any atom is 0.410 e. The molecule has 1 amide bonds. The van der Waals surface area contributed by atoms with Crippen molar-refractivity contribution in [1.82, 2.24) is 4.90 Å². The molecule has 2 rings (SSSR count). The first-order valence-corrected chi connectivity index (χ1v) is 9.14. The summed E-state index contributed by atoms with van der Waals surface area (Å²) >= 11 is 0. The molecule has 134 valence electrons. The fourth-order valence-electron chi connectivity index (χ4n) is 2.86. The standard InChI is InChI=1S/C17H25NO5S/c1-12-7-9-13(10-8-12)15(23-24(20)21)14-6-5-11-18(14)16(19)22-17(2,3)4/h7-10,14-15,24H,5-6,11H2,1-4H3/t14-,15?/m0/s1. The highest BCUT2D eigenvalue weighted by Gasteiger charge is 2.39. The molecule has 0 bridgehead atoms. The van der Waals surface area contributed by atoms with Crippen molar-refractivity contribution in [2.45, 2.75) is 58.3 Å². The molecule has 1 aromatic carbocycles. The zero-order chi connectivity index (χ0) is 17.9. The number of hydrogen-bond donors (Lipinski definition) is 1. The third-order valence-electron chi connectivity index (χ3n) is 3.88. The molecular weight excluding hydrogens is 330 g/mol. The van der Waals surface area contributed by atoms with E-state index in [0.717, 1.165) is 17.5 Å². The predicted molar refractivity (Wildman–Crippen MR) is 91.3 cm³/mol. The Bertz CT molecular complexity index is 640. The maximum atomic E-state index is 12.4. The van der Waals surface area contributed by atoms with Crippen molar-refractivity contribution in [1.29, 1.82) is 0 Å². The molecule has 0 radical (unpaired) electrons. The SMILES string of the molecule is Cc1ccc(C(O[SH](=O)=O)[C@@H]2CCCN2C(=O)OC(C)(C)C)cc1. The molecule has 1 aromatic rings. The third kappa shape index (κ3) is 4.95. The molecule has 24 heavy (non-hydrogen) atoms. The second-order valence-electron chi connectivity index (χ2n) is 7.04. The summed E-state index contributed by atoms with van der Waals surface area (Å²) in [6, 6.07) is 7.11. The van der Waals surface area contributed by atoms with E-state index in [9.17, 15) is 13.2 Å². The number of hydrogen-bond acceptors (Lipinski definition) is 5. The first-order valence-electron chi connectivity index (χ1n) is 8.05. The second kappa shape index (κ2) is 7.53. The Labute approximate surface area is 144 Å². The van der Waals surface area contributed by atoms with E-state index < -0.39 is 28.8 Å². The number of rotatable bonds is 4. The minimum atomic E-state index is -3.03. The van der Waals surface area contributed by atoms with Crippen LogP contribution >= 0.6 is 0 Å². The van der Waals surface area contributed by atoms with Crippen molar-refractivity contribution >= 4 is 17.1 Å². The molecule has 1 heterocycles. The second-order valence-corrected chi connectivity index (χ2v) is 7.70. The van der Waals surface area contributed by atoms with Crippen LogP contribution < -0.4 is 0 Å². The highest BCUT2D eigenvalue weighted by molar-refractivity contribution is 7.67. The summed E-state index contributed by atoms with van der Waals surface area (Å²) in [6.45, 7) is 7.90. The zero-order valence-electron chi connectivity index (χ0n) is 14.5. The highest BCUT2D eigenvalue weighted by atomic mass is 32.2. The number of thiol groups is 1. The normalized spacial score (nSPS) is 19.5. The van der Waals surface area contributed by atoms with Crippen LogP contribution in [0.5, 0.6) is 0 Å². The first kappa shape index (κ1) is 18.7.